The minimum absolute atomic E-state index is 0.282. The van der Waals surface area contributed by atoms with Crippen molar-refractivity contribution < 1.29 is 9.18 Å². The van der Waals surface area contributed by atoms with Crippen LogP contribution in [0.15, 0.2) is 24.3 Å². The first-order valence-electron chi connectivity index (χ1n) is 3.97. The van der Waals surface area contributed by atoms with Crippen LogP contribution in [0, 0.1) is 0 Å². The Bertz CT molecular complexity index is 241. The molecule has 0 aliphatic rings. The van der Waals surface area contributed by atoms with Crippen LogP contribution in [-0.2, 0) is 6.42 Å². The molecule has 0 aliphatic heterocycles. The lowest BCUT2D eigenvalue weighted by Gasteiger charge is -1.97. The summed E-state index contributed by atoms with van der Waals surface area (Å²) in [5.41, 5.74) is 1.75. The number of aldehydes is 1. The van der Waals surface area contributed by atoms with Gasteiger partial charge in [0.1, 0.15) is 6.29 Å². The number of carbonyl (C=O) groups excluding carboxylic acids is 1. The minimum Gasteiger partial charge on any atom is -0.298 e. The molecular formula is C10H11FO. The van der Waals surface area contributed by atoms with Gasteiger partial charge in [-0.2, -0.15) is 0 Å². The summed E-state index contributed by atoms with van der Waals surface area (Å²) in [4.78, 5) is 10.3. The Labute approximate surface area is 71.2 Å². The van der Waals surface area contributed by atoms with Crippen molar-refractivity contribution in [2.45, 2.75) is 12.8 Å². The fourth-order valence-electron chi connectivity index (χ4n) is 1.03. The van der Waals surface area contributed by atoms with Crippen molar-refractivity contribution in [1.29, 1.82) is 0 Å². The van der Waals surface area contributed by atoms with E-state index in [2.05, 4.69) is 0 Å². The van der Waals surface area contributed by atoms with E-state index >= 15 is 0 Å². The van der Waals surface area contributed by atoms with Gasteiger partial charge >= 0.3 is 0 Å². The van der Waals surface area contributed by atoms with Gasteiger partial charge in [0, 0.05) is 5.56 Å². The average molecular weight is 166 g/mol. The van der Waals surface area contributed by atoms with Crippen LogP contribution < -0.4 is 0 Å². The second-order valence-electron chi connectivity index (χ2n) is 2.65. The van der Waals surface area contributed by atoms with Gasteiger partial charge in [0.15, 0.2) is 0 Å². The van der Waals surface area contributed by atoms with Crippen molar-refractivity contribution in [3.63, 3.8) is 0 Å². The summed E-state index contributed by atoms with van der Waals surface area (Å²) in [5, 5.41) is 0. The van der Waals surface area contributed by atoms with Crippen molar-refractivity contribution in [3.05, 3.63) is 35.4 Å². The Hall–Kier alpha value is -1.18. The highest BCUT2D eigenvalue weighted by molar-refractivity contribution is 5.74. The third-order valence-corrected chi connectivity index (χ3v) is 1.71. The summed E-state index contributed by atoms with van der Waals surface area (Å²) in [5.74, 6) is 0. The number of hydrogen-bond donors (Lipinski definition) is 0. The number of benzene rings is 1. The molecule has 0 fully saturated rings. The SMILES string of the molecule is O=Cc1ccc(CCCF)cc1. The highest BCUT2D eigenvalue weighted by atomic mass is 19.1. The lowest BCUT2D eigenvalue weighted by molar-refractivity contribution is 0.112. The molecule has 0 saturated carbocycles. The van der Waals surface area contributed by atoms with Gasteiger partial charge in [0.25, 0.3) is 0 Å². The van der Waals surface area contributed by atoms with Crippen LogP contribution >= 0.6 is 0 Å². The summed E-state index contributed by atoms with van der Waals surface area (Å²) in [6, 6.07) is 7.22. The standard InChI is InChI=1S/C10H11FO/c11-7-1-2-9-3-5-10(8-12)6-4-9/h3-6,8H,1-2,7H2. The zero-order chi connectivity index (χ0) is 8.81. The monoisotopic (exact) mass is 166 g/mol. The Kier molecular flexibility index (Phi) is 3.45. The number of rotatable bonds is 4. The van der Waals surface area contributed by atoms with Gasteiger partial charge in [0.2, 0.25) is 0 Å². The molecule has 1 aromatic carbocycles. The van der Waals surface area contributed by atoms with E-state index in [0.717, 1.165) is 18.3 Å². The van der Waals surface area contributed by atoms with Crippen LogP contribution in [0.3, 0.4) is 0 Å². The molecule has 2 heteroatoms. The van der Waals surface area contributed by atoms with E-state index in [-0.39, 0.29) is 6.67 Å². The van der Waals surface area contributed by atoms with Crippen LogP contribution in [0.4, 0.5) is 4.39 Å². The molecular weight excluding hydrogens is 155 g/mol. The van der Waals surface area contributed by atoms with E-state index < -0.39 is 0 Å². The average Bonchev–Trinajstić information content (AvgIpc) is 2.15. The molecule has 0 aliphatic carbocycles. The predicted octanol–water partition coefficient (Wildman–Crippen LogP) is 2.40. The van der Waals surface area contributed by atoms with Gasteiger partial charge in [-0.1, -0.05) is 24.3 Å². The van der Waals surface area contributed by atoms with Gasteiger partial charge in [-0.3, -0.25) is 9.18 Å². The third kappa shape index (κ3) is 2.46. The van der Waals surface area contributed by atoms with Crippen molar-refractivity contribution >= 4 is 6.29 Å². The predicted molar refractivity (Wildman–Crippen MR) is 46.1 cm³/mol. The van der Waals surface area contributed by atoms with Crippen molar-refractivity contribution in [3.8, 4) is 0 Å². The van der Waals surface area contributed by atoms with Crippen LogP contribution in [0.1, 0.15) is 22.3 Å². The van der Waals surface area contributed by atoms with Gasteiger partial charge in [-0.15, -0.1) is 0 Å². The molecule has 64 valence electrons. The van der Waals surface area contributed by atoms with E-state index in [1.807, 2.05) is 12.1 Å². The van der Waals surface area contributed by atoms with Crippen molar-refractivity contribution in [2.75, 3.05) is 6.67 Å². The zero-order valence-electron chi connectivity index (χ0n) is 6.79. The second kappa shape index (κ2) is 4.65. The lowest BCUT2D eigenvalue weighted by atomic mass is 10.1. The summed E-state index contributed by atoms with van der Waals surface area (Å²) in [6.45, 7) is -0.282. The highest BCUT2D eigenvalue weighted by Gasteiger charge is 1.93. The first-order chi connectivity index (χ1) is 5.86. The van der Waals surface area contributed by atoms with Crippen molar-refractivity contribution in [1.82, 2.24) is 0 Å². The third-order valence-electron chi connectivity index (χ3n) is 1.71. The van der Waals surface area contributed by atoms with E-state index in [9.17, 15) is 9.18 Å². The second-order valence-corrected chi connectivity index (χ2v) is 2.65. The highest BCUT2D eigenvalue weighted by Crippen LogP contribution is 2.05. The van der Waals surface area contributed by atoms with E-state index in [0.29, 0.717) is 12.0 Å². The first kappa shape index (κ1) is 8.91. The lowest BCUT2D eigenvalue weighted by Crippen LogP contribution is -1.87. The summed E-state index contributed by atoms with van der Waals surface area (Å²) in [7, 11) is 0. The Balaban J connectivity index is 2.58. The number of halogens is 1. The molecule has 0 unspecified atom stereocenters. The Morgan fingerprint density at radius 3 is 2.42 bits per heavy atom. The zero-order valence-corrected chi connectivity index (χ0v) is 6.79. The van der Waals surface area contributed by atoms with Crippen LogP contribution in [0.5, 0.6) is 0 Å². The molecule has 0 atom stereocenters. The van der Waals surface area contributed by atoms with Crippen LogP contribution in [0.2, 0.25) is 0 Å². The molecule has 0 heterocycles. The van der Waals surface area contributed by atoms with E-state index in [1.165, 1.54) is 0 Å². The molecule has 0 aromatic heterocycles. The normalized spacial score (nSPS) is 9.75. The largest absolute Gasteiger partial charge is 0.298 e. The molecule has 1 rings (SSSR count). The number of aryl methyl sites for hydroxylation is 1. The summed E-state index contributed by atoms with van der Waals surface area (Å²) >= 11 is 0. The van der Waals surface area contributed by atoms with E-state index in [4.69, 9.17) is 0 Å². The smallest absolute Gasteiger partial charge is 0.150 e. The molecule has 0 N–H and O–H groups in total. The Morgan fingerprint density at radius 2 is 1.92 bits per heavy atom. The molecule has 12 heavy (non-hydrogen) atoms. The maximum Gasteiger partial charge on any atom is 0.150 e. The van der Waals surface area contributed by atoms with Crippen molar-refractivity contribution in [2.24, 2.45) is 0 Å². The van der Waals surface area contributed by atoms with Gasteiger partial charge in [-0.25, -0.2) is 0 Å². The molecule has 0 radical (unpaired) electrons. The van der Waals surface area contributed by atoms with E-state index in [1.54, 1.807) is 12.1 Å². The molecule has 0 spiro atoms. The minimum atomic E-state index is -0.282. The van der Waals surface area contributed by atoms with Crippen LogP contribution in [0.25, 0.3) is 0 Å². The number of alkyl halides is 1. The van der Waals surface area contributed by atoms with Gasteiger partial charge < -0.3 is 0 Å². The molecule has 0 amide bonds. The fraction of sp³-hybridized carbons (Fsp3) is 0.300. The molecule has 1 nitrogen and oxygen atoms in total. The fourth-order valence-corrected chi connectivity index (χ4v) is 1.03. The number of hydrogen-bond acceptors (Lipinski definition) is 1. The molecule has 0 bridgehead atoms. The first-order valence-corrected chi connectivity index (χ1v) is 3.97. The van der Waals surface area contributed by atoms with Gasteiger partial charge in [0.05, 0.1) is 6.67 Å². The summed E-state index contributed by atoms with van der Waals surface area (Å²) < 4.78 is 11.8. The van der Waals surface area contributed by atoms with Crippen LogP contribution in [-0.4, -0.2) is 13.0 Å². The quantitative estimate of drug-likeness (QED) is 0.628. The molecule has 0 saturated heterocycles. The van der Waals surface area contributed by atoms with Gasteiger partial charge in [-0.05, 0) is 18.4 Å². The maximum absolute atomic E-state index is 11.8. The topological polar surface area (TPSA) is 17.1 Å². The Morgan fingerprint density at radius 1 is 1.25 bits per heavy atom. The maximum atomic E-state index is 11.8. The summed E-state index contributed by atoms with van der Waals surface area (Å²) in [6.07, 6.45) is 2.11. The molecule has 1 aromatic rings. The number of carbonyl (C=O) groups is 1.